The van der Waals surface area contributed by atoms with Gasteiger partial charge >= 0.3 is 5.97 Å². The fourth-order valence-electron chi connectivity index (χ4n) is 2.33. The zero-order chi connectivity index (χ0) is 15.9. The standard InChI is InChI=1S/C12H14N4O4S2/c1-8-3-4-15-12(13-7-14-15)16(8)22(18,19)9-5-10(21-6-9)11(17)20-2/h5-8H,3-4H2,1-2H3. The molecule has 10 heteroatoms. The molecule has 1 atom stereocenters. The number of aromatic nitrogens is 3. The molecule has 0 bridgehead atoms. The van der Waals surface area contributed by atoms with E-state index in [0.29, 0.717) is 18.9 Å². The Hall–Kier alpha value is -1.94. The van der Waals surface area contributed by atoms with E-state index in [-0.39, 0.29) is 15.8 Å². The summed E-state index contributed by atoms with van der Waals surface area (Å²) in [5.74, 6) is -0.258. The predicted octanol–water partition coefficient (Wildman–Crippen LogP) is 1.11. The van der Waals surface area contributed by atoms with Gasteiger partial charge in [0, 0.05) is 18.0 Å². The number of hydrogen-bond donors (Lipinski definition) is 0. The molecule has 22 heavy (non-hydrogen) atoms. The maximum Gasteiger partial charge on any atom is 0.348 e. The van der Waals surface area contributed by atoms with E-state index in [1.54, 1.807) is 4.68 Å². The molecule has 0 spiro atoms. The van der Waals surface area contributed by atoms with Crippen LogP contribution in [0.4, 0.5) is 5.95 Å². The molecule has 2 aromatic heterocycles. The Bertz CT molecular complexity index is 811. The van der Waals surface area contributed by atoms with Gasteiger partial charge in [-0.15, -0.1) is 11.3 Å². The van der Waals surface area contributed by atoms with Crippen LogP contribution in [0.25, 0.3) is 0 Å². The number of anilines is 1. The number of thiophene rings is 1. The summed E-state index contributed by atoms with van der Waals surface area (Å²) in [4.78, 5) is 15.9. The van der Waals surface area contributed by atoms with Crippen LogP contribution in [0.15, 0.2) is 22.7 Å². The number of sulfonamides is 1. The van der Waals surface area contributed by atoms with Gasteiger partial charge in [-0.1, -0.05) is 0 Å². The van der Waals surface area contributed by atoms with E-state index < -0.39 is 16.0 Å². The van der Waals surface area contributed by atoms with Gasteiger partial charge in [-0.05, 0) is 19.4 Å². The number of ether oxygens (including phenoxy) is 1. The summed E-state index contributed by atoms with van der Waals surface area (Å²) in [6.07, 6.45) is 1.98. The zero-order valence-electron chi connectivity index (χ0n) is 12.0. The van der Waals surface area contributed by atoms with Crippen LogP contribution in [-0.2, 0) is 21.3 Å². The van der Waals surface area contributed by atoms with Crippen molar-refractivity contribution in [3.63, 3.8) is 0 Å². The maximum absolute atomic E-state index is 12.9. The molecule has 0 N–H and O–H groups in total. The number of aryl methyl sites for hydroxylation is 1. The molecule has 8 nitrogen and oxygen atoms in total. The topological polar surface area (TPSA) is 94.4 Å². The molecule has 0 aliphatic carbocycles. The van der Waals surface area contributed by atoms with E-state index in [2.05, 4.69) is 14.8 Å². The highest BCUT2D eigenvalue weighted by Gasteiger charge is 2.36. The lowest BCUT2D eigenvalue weighted by Crippen LogP contribution is -2.44. The van der Waals surface area contributed by atoms with Gasteiger partial charge in [0.2, 0.25) is 5.95 Å². The van der Waals surface area contributed by atoms with Crippen molar-refractivity contribution in [2.75, 3.05) is 11.4 Å². The quantitative estimate of drug-likeness (QED) is 0.776. The second kappa shape index (κ2) is 5.36. The van der Waals surface area contributed by atoms with Crippen LogP contribution in [0.2, 0.25) is 0 Å². The van der Waals surface area contributed by atoms with Crippen LogP contribution in [0.5, 0.6) is 0 Å². The number of hydrogen-bond acceptors (Lipinski definition) is 7. The number of carbonyl (C=O) groups excluding carboxylic acids is 1. The number of fused-ring (bicyclic) bond motifs is 1. The number of rotatable bonds is 3. The van der Waals surface area contributed by atoms with Crippen molar-refractivity contribution < 1.29 is 17.9 Å². The average molecular weight is 342 g/mol. The molecule has 0 amide bonds. The third-order valence-corrected chi connectivity index (χ3v) is 6.40. The van der Waals surface area contributed by atoms with Gasteiger partial charge in [0.25, 0.3) is 10.0 Å². The second-order valence-corrected chi connectivity index (χ2v) is 7.59. The first-order valence-corrected chi connectivity index (χ1v) is 8.86. The Kier molecular flexibility index (Phi) is 3.65. The van der Waals surface area contributed by atoms with E-state index in [0.717, 1.165) is 11.3 Å². The van der Waals surface area contributed by atoms with Crippen LogP contribution >= 0.6 is 11.3 Å². The Labute approximate surface area is 131 Å². The third-order valence-electron chi connectivity index (χ3n) is 3.47. The Balaban J connectivity index is 2.03. The first-order valence-electron chi connectivity index (χ1n) is 6.54. The molecule has 2 aromatic rings. The second-order valence-electron chi connectivity index (χ2n) is 4.86. The predicted molar refractivity (Wildman–Crippen MR) is 79.4 cm³/mol. The Morgan fingerprint density at radius 1 is 1.50 bits per heavy atom. The molecule has 0 saturated carbocycles. The van der Waals surface area contributed by atoms with Crippen molar-refractivity contribution >= 4 is 33.3 Å². The van der Waals surface area contributed by atoms with E-state index in [1.807, 2.05) is 6.92 Å². The monoisotopic (exact) mass is 342 g/mol. The summed E-state index contributed by atoms with van der Waals surface area (Å²) >= 11 is 1.03. The largest absolute Gasteiger partial charge is 0.465 e. The van der Waals surface area contributed by atoms with Crippen LogP contribution < -0.4 is 4.31 Å². The van der Waals surface area contributed by atoms with Crippen molar-refractivity contribution in [2.45, 2.75) is 30.8 Å². The highest BCUT2D eigenvalue weighted by atomic mass is 32.2. The maximum atomic E-state index is 12.9. The highest BCUT2D eigenvalue weighted by Crippen LogP contribution is 2.31. The van der Waals surface area contributed by atoms with Gasteiger partial charge in [0.15, 0.2) is 0 Å². The summed E-state index contributed by atoms with van der Waals surface area (Å²) in [6.45, 7) is 2.45. The lowest BCUT2D eigenvalue weighted by molar-refractivity contribution is 0.0606. The van der Waals surface area contributed by atoms with Crippen molar-refractivity contribution in [1.82, 2.24) is 14.8 Å². The molecule has 1 aliphatic rings. The summed E-state index contributed by atoms with van der Waals surface area (Å²) in [5, 5.41) is 5.46. The molecular formula is C12H14N4O4S2. The first kappa shape index (κ1) is 15.0. The van der Waals surface area contributed by atoms with Crippen LogP contribution in [0, 0.1) is 0 Å². The van der Waals surface area contributed by atoms with E-state index >= 15 is 0 Å². The van der Waals surface area contributed by atoms with Gasteiger partial charge in [-0.2, -0.15) is 10.1 Å². The number of methoxy groups -OCH3 is 1. The molecule has 118 valence electrons. The smallest absolute Gasteiger partial charge is 0.348 e. The number of esters is 1. The normalized spacial score (nSPS) is 18.1. The van der Waals surface area contributed by atoms with Gasteiger partial charge in [-0.3, -0.25) is 0 Å². The SMILES string of the molecule is COC(=O)c1cc(S(=O)(=O)N2c3ncnn3CCC2C)cs1. The lowest BCUT2D eigenvalue weighted by Gasteiger charge is -2.32. The molecular weight excluding hydrogens is 328 g/mol. The Morgan fingerprint density at radius 3 is 3.00 bits per heavy atom. The molecule has 1 unspecified atom stereocenters. The third kappa shape index (κ3) is 2.28. The van der Waals surface area contributed by atoms with Crippen molar-refractivity contribution in [1.29, 1.82) is 0 Å². The molecule has 1 aliphatic heterocycles. The van der Waals surface area contributed by atoms with Crippen molar-refractivity contribution in [3.8, 4) is 0 Å². The molecule has 3 rings (SSSR count). The van der Waals surface area contributed by atoms with Crippen LogP contribution in [0.3, 0.4) is 0 Å². The number of nitrogens with zero attached hydrogens (tertiary/aromatic N) is 4. The Morgan fingerprint density at radius 2 is 2.27 bits per heavy atom. The summed E-state index contributed by atoms with van der Waals surface area (Å²) < 4.78 is 33.2. The molecule has 3 heterocycles. The summed E-state index contributed by atoms with van der Waals surface area (Å²) in [7, 11) is -2.55. The summed E-state index contributed by atoms with van der Waals surface area (Å²) in [5.41, 5.74) is 0. The van der Waals surface area contributed by atoms with Gasteiger partial charge in [0.1, 0.15) is 11.2 Å². The zero-order valence-corrected chi connectivity index (χ0v) is 13.6. The fourth-order valence-corrected chi connectivity index (χ4v) is 5.15. The highest BCUT2D eigenvalue weighted by molar-refractivity contribution is 7.93. The van der Waals surface area contributed by atoms with E-state index in [4.69, 9.17) is 0 Å². The minimum Gasteiger partial charge on any atom is -0.465 e. The van der Waals surface area contributed by atoms with Crippen molar-refractivity contribution in [3.05, 3.63) is 22.7 Å². The van der Waals surface area contributed by atoms with Crippen molar-refractivity contribution in [2.24, 2.45) is 0 Å². The van der Waals surface area contributed by atoms with E-state index in [1.165, 1.54) is 29.2 Å². The van der Waals surface area contributed by atoms with Crippen LogP contribution in [0.1, 0.15) is 23.0 Å². The molecule has 0 saturated heterocycles. The molecule has 0 radical (unpaired) electrons. The van der Waals surface area contributed by atoms with Gasteiger partial charge < -0.3 is 4.74 Å². The fraction of sp³-hybridized carbons (Fsp3) is 0.417. The minimum atomic E-state index is -3.80. The van der Waals surface area contributed by atoms with Crippen LogP contribution in [-0.4, -0.2) is 42.3 Å². The lowest BCUT2D eigenvalue weighted by atomic mass is 10.2. The molecule has 0 aromatic carbocycles. The molecule has 0 fully saturated rings. The van der Waals surface area contributed by atoms with Gasteiger partial charge in [0.05, 0.1) is 12.0 Å². The van der Waals surface area contributed by atoms with Gasteiger partial charge in [-0.25, -0.2) is 22.2 Å². The number of carbonyl (C=O) groups is 1. The minimum absolute atomic E-state index is 0.0567. The first-order chi connectivity index (χ1) is 10.4. The van der Waals surface area contributed by atoms with E-state index in [9.17, 15) is 13.2 Å². The average Bonchev–Trinajstić information content (AvgIpc) is 3.14. The summed E-state index contributed by atoms with van der Waals surface area (Å²) in [6, 6.07) is 1.09.